The van der Waals surface area contributed by atoms with Crippen LogP contribution in [-0.4, -0.2) is 12.6 Å². The molecule has 2 nitrogen and oxygen atoms in total. The number of ether oxygens (including phenoxy) is 1. The third-order valence-electron chi connectivity index (χ3n) is 1.94. The predicted molar refractivity (Wildman–Crippen MR) is 72.6 cm³/mol. The summed E-state index contributed by atoms with van der Waals surface area (Å²) in [6.45, 7) is 9.45. The molecule has 17 heavy (non-hydrogen) atoms. The number of unbranched alkanes of at least 4 members (excludes halogenated alkanes) is 1. The molecule has 0 unspecified atom stereocenters. The van der Waals surface area contributed by atoms with Gasteiger partial charge in [0.25, 0.3) is 0 Å². The number of hydrogen-bond acceptors (Lipinski definition) is 2. The molecule has 0 saturated heterocycles. The fourth-order valence-electron chi connectivity index (χ4n) is 0.965. The van der Waals surface area contributed by atoms with Crippen LogP contribution in [0.4, 0.5) is 0 Å². The second-order valence-corrected chi connectivity index (χ2v) is 3.34. The Kier molecular flexibility index (Phi) is 9.53. The van der Waals surface area contributed by atoms with Gasteiger partial charge in [-0.3, -0.25) is 0 Å². The summed E-state index contributed by atoms with van der Waals surface area (Å²) in [7, 11) is 0. The monoisotopic (exact) mass is 232 g/mol. The zero-order chi connectivity index (χ0) is 12.9. The van der Waals surface area contributed by atoms with E-state index < -0.39 is 0 Å². The van der Waals surface area contributed by atoms with Gasteiger partial charge in [-0.15, -0.1) is 0 Å². The van der Waals surface area contributed by atoms with Crippen LogP contribution >= 0.6 is 0 Å². The molecule has 92 valence electrons. The molecule has 0 atom stereocenters. The van der Waals surface area contributed by atoms with Crippen LogP contribution in [0.3, 0.4) is 0 Å². The standard InChI is InChI=1S/C8H8.C7H12O2/c1-2-8-6-4-3-5-7-8;1-3-5-6-9-7(8)4-2/h2-7H,1H2;4H,2-3,5-6H2,1H3. The first kappa shape index (κ1) is 15.2. The highest BCUT2D eigenvalue weighted by Crippen LogP contribution is 1.97. The van der Waals surface area contributed by atoms with Gasteiger partial charge in [-0.1, -0.05) is 62.9 Å². The fourth-order valence-corrected chi connectivity index (χ4v) is 0.965. The minimum Gasteiger partial charge on any atom is -0.463 e. The summed E-state index contributed by atoms with van der Waals surface area (Å²) < 4.78 is 4.67. The van der Waals surface area contributed by atoms with E-state index in [4.69, 9.17) is 0 Å². The average molecular weight is 232 g/mol. The predicted octanol–water partition coefficient (Wildman–Crippen LogP) is 3.85. The summed E-state index contributed by atoms with van der Waals surface area (Å²) >= 11 is 0. The van der Waals surface area contributed by atoms with E-state index in [0.29, 0.717) is 6.61 Å². The third kappa shape index (κ3) is 9.12. The zero-order valence-corrected chi connectivity index (χ0v) is 10.4. The van der Waals surface area contributed by atoms with Crippen molar-refractivity contribution in [3.8, 4) is 0 Å². The molecule has 0 radical (unpaired) electrons. The van der Waals surface area contributed by atoms with Crippen LogP contribution in [-0.2, 0) is 9.53 Å². The summed E-state index contributed by atoms with van der Waals surface area (Å²) in [6, 6.07) is 10.0. The van der Waals surface area contributed by atoms with Gasteiger partial charge < -0.3 is 4.74 Å². The topological polar surface area (TPSA) is 26.3 Å². The summed E-state index contributed by atoms with van der Waals surface area (Å²) in [6.07, 6.45) is 4.99. The average Bonchev–Trinajstić information content (AvgIpc) is 2.40. The molecule has 0 aliphatic rings. The molecule has 0 spiro atoms. The number of carbonyl (C=O) groups excluding carboxylic acids is 1. The molecule has 0 aliphatic carbocycles. The van der Waals surface area contributed by atoms with E-state index in [1.54, 1.807) is 0 Å². The molecule has 0 heterocycles. The van der Waals surface area contributed by atoms with E-state index >= 15 is 0 Å². The lowest BCUT2D eigenvalue weighted by Gasteiger charge is -1.97. The van der Waals surface area contributed by atoms with Gasteiger partial charge in [-0.05, 0) is 12.0 Å². The molecule has 1 aromatic rings. The second kappa shape index (κ2) is 10.7. The van der Waals surface area contributed by atoms with E-state index in [-0.39, 0.29) is 5.97 Å². The Morgan fingerprint density at radius 2 is 1.94 bits per heavy atom. The number of esters is 1. The van der Waals surface area contributed by atoms with E-state index in [0.717, 1.165) is 12.8 Å². The quantitative estimate of drug-likeness (QED) is 0.438. The Balaban J connectivity index is 0.000000302. The molecule has 0 amide bonds. The molecule has 0 saturated carbocycles. The van der Waals surface area contributed by atoms with Crippen molar-refractivity contribution in [2.45, 2.75) is 19.8 Å². The van der Waals surface area contributed by atoms with Crippen molar-refractivity contribution < 1.29 is 9.53 Å². The summed E-state index contributed by atoms with van der Waals surface area (Å²) in [5, 5.41) is 0. The molecule has 0 aliphatic heterocycles. The van der Waals surface area contributed by atoms with Crippen molar-refractivity contribution in [1.29, 1.82) is 0 Å². The van der Waals surface area contributed by atoms with Gasteiger partial charge in [0.2, 0.25) is 0 Å². The Morgan fingerprint density at radius 3 is 2.35 bits per heavy atom. The SMILES string of the molecule is C=CC(=O)OCCCC.C=Cc1ccccc1. The van der Waals surface area contributed by atoms with Gasteiger partial charge in [0, 0.05) is 6.08 Å². The molecular formula is C15H20O2. The minimum atomic E-state index is -0.330. The molecule has 0 aromatic heterocycles. The van der Waals surface area contributed by atoms with Gasteiger partial charge in [0.1, 0.15) is 0 Å². The van der Waals surface area contributed by atoms with Gasteiger partial charge in [0.05, 0.1) is 6.61 Å². The van der Waals surface area contributed by atoms with Crippen LogP contribution < -0.4 is 0 Å². The lowest BCUT2D eigenvalue weighted by atomic mass is 10.2. The third-order valence-corrected chi connectivity index (χ3v) is 1.94. The van der Waals surface area contributed by atoms with Gasteiger partial charge in [0.15, 0.2) is 0 Å². The van der Waals surface area contributed by atoms with E-state index in [9.17, 15) is 4.79 Å². The molecule has 1 aromatic carbocycles. The van der Waals surface area contributed by atoms with E-state index in [1.807, 2.05) is 43.3 Å². The smallest absolute Gasteiger partial charge is 0.330 e. The van der Waals surface area contributed by atoms with Crippen LogP contribution in [0.5, 0.6) is 0 Å². The van der Waals surface area contributed by atoms with Crippen molar-refractivity contribution in [2.75, 3.05) is 6.61 Å². The molecule has 0 fully saturated rings. The van der Waals surface area contributed by atoms with E-state index in [1.165, 1.54) is 11.6 Å². The van der Waals surface area contributed by atoms with Gasteiger partial charge in [-0.25, -0.2) is 4.79 Å². The number of benzene rings is 1. The lowest BCUT2D eigenvalue weighted by Crippen LogP contribution is -2.00. The van der Waals surface area contributed by atoms with Crippen LogP contribution in [0, 0.1) is 0 Å². The second-order valence-electron chi connectivity index (χ2n) is 3.34. The molecule has 1 rings (SSSR count). The largest absolute Gasteiger partial charge is 0.463 e. The van der Waals surface area contributed by atoms with Gasteiger partial charge in [-0.2, -0.15) is 0 Å². The summed E-state index contributed by atoms with van der Waals surface area (Å²) in [5.41, 5.74) is 1.17. The van der Waals surface area contributed by atoms with E-state index in [2.05, 4.69) is 17.9 Å². The van der Waals surface area contributed by atoms with Crippen LogP contribution in [0.2, 0.25) is 0 Å². The zero-order valence-electron chi connectivity index (χ0n) is 10.4. The highest BCUT2D eigenvalue weighted by Gasteiger charge is 1.91. The maximum atomic E-state index is 10.3. The normalized spacial score (nSPS) is 8.53. The molecule has 2 heteroatoms. The Bertz CT molecular complexity index is 328. The lowest BCUT2D eigenvalue weighted by molar-refractivity contribution is -0.137. The maximum Gasteiger partial charge on any atom is 0.330 e. The fraction of sp³-hybridized carbons (Fsp3) is 0.267. The molecular weight excluding hydrogens is 212 g/mol. The Hall–Kier alpha value is -1.83. The Morgan fingerprint density at radius 1 is 1.29 bits per heavy atom. The van der Waals surface area contributed by atoms with Gasteiger partial charge >= 0.3 is 5.97 Å². The molecule has 0 N–H and O–H groups in total. The van der Waals surface area contributed by atoms with Crippen LogP contribution in [0.15, 0.2) is 49.6 Å². The first-order valence-electron chi connectivity index (χ1n) is 5.71. The number of carbonyl (C=O) groups is 1. The first-order valence-corrected chi connectivity index (χ1v) is 5.71. The van der Waals surface area contributed by atoms with Crippen LogP contribution in [0.25, 0.3) is 6.08 Å². The van der Waals surface area contributed by atoms with Crippen molar-refractivity contribution >= 4 is 12.0 Å². The Labute approximate surface area is 104 Å². The van der Waals surface area contributed by atoms with Crippen molar-refractivity contribution in [3.63, 3.8) is 0 Å². The highest BCUT2D eigenvalue weighted by atomic mass is 16.5. The number of hydrogen-bond donors (Lipinski definition) is 0. The maximum absolute atomic E-state index is 10.3. The summed E-state index contributed by atoms with van der Waals surface area (Å²) in [5.74, 6) is -0.330. The minimum absolute atomic E-state index is 0.330. The number of rotatable bonds is 5. The summed E-state index contributed by atoms with van der Waals surface area (Å²) in [4.78, 5) is 10.3. The van der Waals surface area contributed by atoms with Crippen LogP contribution in [0.1, 0.15) is 25.3 Å². The first-order chi connectivity index (χ1) is 8.24. The van der Waals surface area contributed by atoms with Crippen molar-refractivity contribution in [2.24, 2.45) is 0 Å². The van der Waals surface area contributed by atoms with Crippen molar-refractivity contribution in [1.82, 2.24) is 0 Å². The highest BCUT2D eigenvalue weighted by molar-refractivity contribution is 5.81. The molecule has 0 bridgehead atoms. The van der Waals surface area contributed by atoms with Crippen molar-refractivity contribution in [3.05, 3.63) is 55.1 Å².